The minimum Gasteiger partial charge on any atom is -0.487 e. The van der Waals surface area contributed by atoms with E-state index in [0.717, 1.165) is 27.4 Å². The Bertz CT molecular complexity index is 1000. The van der Waals surface area contributed by atoms with E-state index in [1.165, 1.54) is 0 Å². The van der Waals surface area contributed by atoms with Crippen molar-refractivity contribution in [3.05, 3.63) is 59.7 Å². The van der Waals surface area contributed by atoms with Crippen molar-refractivity contribution in [2.75, 3.05) is 10.6 Å². The maximum atomic E-state index is 13.1. The van der Waals surface area contributed by atoms with E-state index in [4.69, 9.17) is 4.74 Å². The Hall–Kier alpha value is -2.54. The number of ether oxygens (including phenoxy) is 1. The molecule has 3 rings (SSSR count). The molecule has 1 aliphatic rings. The minimum absolute atomic E-state index is 0.263. The molecule has 1 N–H and O–H groups in total. The first-order valence-electron chi connectivity index (χ1n) is 9.62. The van der Waals surface area contributed by atoms with Crippen LogP contribution in [0.5, 0.6) is 5.75 Å². The molecule has 0 aliphatic carbocycles. The number of amides is 1. The highest BCUT2D eigenvalue weighted by Crippen LogP contribution is 2.40. The number of aryl methyl sites for hydroxylation is 1. The van der Waals surface area contributed by atoms with E-state index in [9.17, 15) is 13.2 Å². The second-order valence-corrected chi connectivity index (χ2v) is 10.1. The summed E-state index contributed by atoms with van der Waals surface area (Å²) in [4.78, 5) is 13.1. The molecule has 2 aromatic rings. The summed E-state index contributed by atoms with van der Waals surface area (Å²) in [5, 5.41) is 3.05. The molecule has 29 heavy (non-hydrogen) atoms. The van der Waals surface area contributed by atoms with Crippen molar-refractivity contribution in [2.24, 2.45) is 0 Å². The van der Waals surface area contributed by atoms with Crippen LogP contribution in [-0.4, -0.2) is 32.2 Å². The van der Waals surface area contributed by atoms with Crippen LogP contribution in [0.3, 0.4) is 0 Å². The number of carbonyl (C=O) groups is 1. The topological polar surface area (TPSA) is 75.7 Å². The molecule has 6 nitrogen and oxygen atoms in total. The predicted molar refractivity (Wildman–Crippen MR) is 115 cm³/mol. The normalized spacial score (nSPS) is 18.9. The fourth-order valence-corrected chi connectivity index (χ4v) is 4.95. The number of nitrogens with one attached hydrogen (secondary N) is 1. The highest BCUT2D eigenvalue weighted by molar-refractivity contribution is 7.92. The van der Waals surface area contributed by atoms with Gasteiger partial charge in [0.2, 0.25) is 15.9 Å². The molecule has 156 valence electrons. The Morgan fingerprint density at radius 1 is 1.21 bits per heavy atom. The van der Waals surface area contributed by atoms with Gasteiger partial charge in [-0.25, -0.2) is 8.42 Å². The molecular formula is C22H28N2O4S. The lowest BCUT2D eigenvalue weighted by atomic mass is 9.89. The number of rotatable bonds is 5. The van der Waals surface area contributed by atoms with Crippen molar-refractivity contribution in [1.82, 2.24) is 5.32 Å². The monoisotopic (exact) mass is 416 g/mol. The van der Waals surface area contributed by atoms with Gasteiger partial charge in [0.15, 0.2) is 0 Å². The second-order valence-electron chi connectivity index (χ2n) is 8.24. The summed E-state index contributed by atoms with van der Waals surface area (Å²) in [6, 6.07) is 13.4. The van der Waals surface area contributed by atoms with Gasteiger partial charge in [0.05, 0.1) is 18.0 Å². The molecule has 0 bridgehead atoms. The molecule has 0 unspecified atom stereocenters. The summed E-state index contributed by atoms with van der Waals surface area (Å²) in [7, 11) is -3.65. The molecule has 0 saturated heterocycles. The maximum absolute atomic E-state index is 13.1. The largest absolute Gasteiger partial charge is 0.487 e. The lowest BCUT2D eigenvalue weighted by molar-refractivity contribution is -0.123. The van der Waals surface area contributed by atoms with E-state index < -0.39 is 21.7 Å². The highest BCUT2D eigenvalue weighted by Gasteiger charge is 2.37. The van der Waals surface area contributed by atoms with Crippen LogP contribution in [0.15, 0.2) is 48.5 Å². The zero-order valence-corrected chi connectivity index (χ0v) is 18.3. The minimum atomic E-state index is -3.65. The zero-order chi connectivity index (χ0) is 21.4. The SMILES string of the molecule is Cc1ccc2c(c1)[C@H](NC(=O)[C@@H](C)N(c1ccccc1)S(C)(=O)=O)CC(C)(C)O2. The quantitative estimate of drug-likeness (QED) is 0.809. The van der Waals surface area contributed by atoms with Crippen molar-refractivity contribution in [1.29, 1.82) is 0 Å². The molecule has 0 fully saturated rings. The molecule has 7 heteroatoms. The molecule has 0 aromatic heterocycles. The Morgan fingerprint density at radius 3 is 2.48 bits per heavy atom. The van der Waals surface area contributed by atoms with Gasteiger partial charge in [-0.15, -0.1) is 0 Å². The summed E-state index contributed by atoms with van der Waals surface area (Å²) in [5.74, 6) is 0.391. The van der Waals surface area contributed by atoms with Crippen LogP contribution in [-0.2, 0) is 14.8 Å². The second kappa shape index (κ2) is 7.71. The van der Waals surface area contributed by atoms with Crippen LogP contribution in [0.1, 0.15) is 44.4 Å². The van der Waals surface area contributed by atoms with Gasteiger partial charge in [0, 0.05) is 12.0 Å². The lowest BCUT2D eigenvalue weighted by Crippen LogP contribution is -2.50. The van der Waals surface area contributed by atoms with Gasteiger partial charge in [-0.2, -0.15) is 0 Å². The Balaban J connectivity index is 1.90. The number of hydrogen-bond acceptors (Lipinski definition) is 4. The summed E-state index contributed by atoms with van der Waals surface area (Å²) in [5.41, 5.74) is 2.00. The average Bonchev–Trinajstić information content (AvgIpc) is 2.61. The van der Waals surface area contributed by atoms with E-state index in [1.807, 2.05) is 39.0 Å². The maximum Gasteiger partial charge on any atom is 0.244 e. The van der Waals surface area contributed by atoms with Gasteiger partial charge in [0.1, 0.15) is 17.4 Å². The van der Waals surface area contributed by atoms with E-state index in [1.54, 1.807) is 37.3 Å². The molecule has 1 aliphatic heterocycles. The Kier molecular flexibility index (Phi) is 5.63. The van der Waals surface area contributed by atoms with E-state index in [-0.39, 0.29) is 11.9 Å². The summed E-state index contributed by atoms with van der Waals surface area (Å²) >= 11 is 0. The third kappa shape index (κ3) is 4.72. The number of hydrogen-bond donors (Lipinski definition) is 1. The zero-order valence-electron chi connectivity index (χ0n) is 17.5. The molecule has 0 spiro atoms. The number of para-hydroxylation sites is 1. The third-order valence-corrected chi connectivity index (χ3v) is 6.28. The van der Waals surface area contributed by atoms with Crippen molar-refractivity contribution in [3.8, 4) is 5.75 Å². The molecule has 2 atom stereocenters. The molecule has 2 aromatic carbocycles. The first-order valence-corrected chi connectivity index (χ1v) is 11.5. The van der Waals surface area contributed by atoms with E-state index in [2.05, 4.69) is 5.32 Å². The number of nitrogens with zero attached hydrogens (tertiary/aromatic N) is 1. The van der Waals surface area contributed by atoms with Gasteiger partial charge in [-0.1, -0.05) is 35.9 Å². The number of benzene rings is 2. The van der Waals surface area contributed by atoms with Crippen LogP contribution in [0.25, 0.3) is 0 Å². The van der Waals surface area contributed by atoms with Gasteiger partial charge >= 0.3 is 0 Å². The van der Waals surface area contributed by atoms with Gasteiger partial charge < -0.3 is 10.1 Å². The van der Waals surface area contributed by atoms with E-state index in [0.29, 0.717) is 12.1 Å². The smallest absolute Gasteiger partial charge is 0.244 e. The van der Waals surface area contributed by atoms with Crippen LogP contribution >= 0.6 is 0 Å². The Labute approximate surface area is 172 Å². The molecular weight excluding hydrogens is 388 g/mol. The van der Waals surface area contributed by atoms with Gasteiger partial charge in [0.25, 0.3) is 0 Å². The molecule has 1 heterocycles. The van der Waals surface area contributed by atoms with Crippen molar-refractivity contribution >= 4 is 21.6 Å². The van der Waals surface area contributed by atoms with Gasteiger partial charge in [-0.05, 0) is 45.9 Å². The average molecular weight is 417 g/mol. The van der Waals surface area contributed by atoms with Crippen LogP contribution < -0.4 is 14.4 Å². The summed E-state index contributed by atoms with van der Waals surface area (Å²) in [6.45, 7) is 7.55. The Morgan fingerprint density at radius 2 is 1.86 bits per heavy atom. The first kappa shape index (κ1) is 21.2. The molecule has 1 amide bonds. The molecule has 0 saturated carbocycles. The third-order valence-electron chi connectivity index (χ3n) is 5.04. The van der Waals surface area contributed by atoms with Crippen molar-refractivity contribution in [3.63, 3.8) is 0 Å². The lowest BCUT2D eigenvalue weighted by Gasteiger charge is -2.39. The van der Waals surface area contributed by atoms with Crippen LogP contribution in [0, 0.1) is 6.92 Å². The molecule has 0 radical (unpaired) electrons. The van der Waals surface area contributed by atoms with Crippen LogP contribution in [0.2, 0.25) is 0 Å². The predicted octanol–water partition coefficient (Wildman–Crippen LogP) is 3.57. The number of carbonyl (C=O) groups excluding carboxylic acids is 1. The fourth-order valence-electron chi connectivity index (χ4n) is 3.78. The standard InChI is InChI=1S/C22H28N2O4S/c1-15-11-12-20-18(13-15)19(14-22(3,4)28-20)23-21(25)16(2)24(29(5,26)27)17-9-7-6-8-10-17/h6-13,16,19H,14H2,1-5H3,(H,23,25)/t16-,19-/m1/s1. The fraction of sp³-hybridized carbons (Fsp3) is 0.409. The van der Waals surface area contributed by atoms with E-state index >= 15 is 0 Å². The van der Waals surface area contributed by atoms with Crippen molar-refractivity contribution in [2.45, 2.75) is 51.8 Å². The summed E-state index contributed by atoms with van der Waals surface area (Å²) < 4.78 is 32.1. The van der Waals surface area contributed by atoms with Gasteiger partial charge in [-0.3, -0.25) is 9.10 Å². The number of fused-ring (bicyclic) bond motifs is 1. The number of sulfonamides is 1. The van der Waals surface area contributed by atoms with Crippen LogP contribution in [0.4, 0.5) is 5.69 Å². The van der Waals surface area contributed by atoms with Crippen molar-refractivity contribution < 1.29 is 17.9 Å². The highest BCUT2D eigenvalue weighted by atomic mass is 32.2. The first-order chi connectivity index (χ1) is 13.5. The summed E-state index contributed by atoms with van der Waals surface area (Å²) in [6.07, 6.45) is 1.70. The number of anilines is 1.